The first-order valence-corrected chi connectivity index (χ1v) is 7.78. The third-order valence-corrected chi connectivity index (χ3v) is 3.71. The van der Waals surface area contributed by atoms with Crippen LogP contribution in [0.25, 0.3) is 10.8 Å². The highest BCUT2D eigenvalue weighted by molar-refractivity contribution is 5.83. The summed E-state index contributed by atoms with van der Waals surface area (Å²) in [5.74, 6) is 0.519. The van der Waals surface area contributed by atoms with Gasteiger partial charge in [0.05, 0.1) is 12.9 Å². The minimum absolute atomic E-state index is 0.0428. The molecule has 114 valence electrons. The Balaban J connectivity index is 1.87. The number of benzene rings is 2. The first-order chi connectivity index (χ1) is 10.7. The molecular formula is C19H22N2O. The van der Waals surface area contributed by atoms with Gasteiger partial charge in [-0.3, -0.25) is 0 Å². The second kappa shape index (κ2) is 6.75. The van der Waals surface area contributed by atoms with E-state index in [9.17, 15) is 0 Å². The van der Waals surface area contributed by atoms with Crippen LogP contribution in [0.15, 0.2) is 61.2 Å². The van der Waals surface area contributed by atoms with Crippen LogP contribution in [0.2, 0.25) is 0 Å². The number of nitrogens with zero attached hydrogens (tertiary/aromatic N) is 2. The van der Waals surface area contributed by atoms with Crippen LogP contribution >= 0.6 is 0 Å². The molecule has 0 saturated carbocycles. The van der Waals surface area contributed by atoms with E-state index in [0.29, 0.717) is 5.92 Å². The topological polar surface area (TPSA) is 27.1 Å². The van der Waals surface area contributed by atoms with E-state index in [1.54, 1.807) is 6.20 Å². The molecule has 0 spiro atoms. The molecule has 0 saturated heterocycles. The fourth-order valence-corrected chi connectivity index (χ4v) is 2.56. The lowest BCUT2D eigenvalue weighted by Crippen LogP contribution is -2.14. The van der Waals surface area contributed by atoms with Gasteiger partial charge in [-0.1, -0.05) is 50.2 Å². The Labute approximate surface area is 131 Å². The molecular weight excluding hydrogens is 272 g/mol. The normalized spacial score (nSPS) is 12.9. The first-order valence-electron chi connectivity index (χ1n) is 7.78. The monoisotopic (exact) mass is 294 g/mol. The summed E-state index contributed by atoms with van der Waals surface area (Å²) in [4.78, 5) is 4.12. The van der Waals surface area contributed by atoms with Crippen LogP contribution in [-0.2, 0) is 11.3 Å². The molecule has 3 nitrogen and oxygen atoms in total. The number of hydrogen-bond donors (Lipinski definition) is 0. The van der Waals surface area contributed by atoms with Gasteiger partial charge in [-0.15, -0.1) is 0 Å². The van der Waals surface area contributed by atoms with E-state index in [1.807, 2.05) is 12.5 Å². The molecule has 3 rings (SSSR count). The van der Waals surface area contributed by atoms with Crippen molar-refractivity contribution >= 4 is 10.8 Å². The van der Waals surface area contributed by atoms with Crippen LogP contribution in [0.5, 0.6) is 0 Å². The number of hydrogen-bond acceptors (Lipinski definition) is 2. The quantitative estimate of drug-likeness (QED) is 0.671. The van der Waals surface area contributed by atoms with Gasteiger partial charge in [-0.2, -0.15) is 0 Å². The molecule has 0 bridgehead atoms. The summed E-state index contributed by atoms with van der Waals surface area (Å²) in [6.45, 7) is 5.89. The molecule has 3 heteroatoms. The van der Waals surface area contributed by atoms with E-state index in [1.165, 1.54) is 16.3 Å². The molecule has 0 radical (unpaired) electrons. The third kappa shape index (κ3) is 3.55. The van der Waals surface area contributed by atoms with Crippen molar-refractivity contribution in [3.05, 3.63) is 66.7 Å². The van der Waals surface area contributed by atoms with Crippen molar-refractivity contribution in [2.75, 3.05) is 6.61 Å². The molecule has 1 heterocycles. The van der Waals surface area contributed by atoms with Gasteiger partial charge < -0.3 is 9.30 Å². The van der Waals surface area contributed by atoms with Crippen LogP contribution in [0, 0.1) is 5.92 Å². The van der Waals surface area contributed by atoms with Crippen LogP contribution in [0.1, 0.15) is 25.5 Å². The minimum atomic E-state index is 0.0428. The molecule has 2 aromatic carbocycles. The van der Waals surface area contributed by atoms with Gasteiger partial charge in [-0.25, -0.2) is 4.98 Å². The predicted molar refractivity (Wildman–Crippen MR) is 89.7 cm³/mol. The van der Waals surface area contributed by atoms with E-state index in [4.69, 9.17) is 4.74 Å². The van der Waals surface area contributed by atoms with E-state index in [-0.39, 0.29) is 6.10 Å². The van der Waals surface area contributed by atoms with Gasteiger partial charge in [0.25, 0.3) is 0 Å². The van der Waals surface area contributed by atoms with Crippen molar-refractivity contribution in [1.29, 1.82) is 0 Å². The molecule has 0 N–H and O–H groups in total. The van der Waals surface area contributed by atoms with E-state index >= 15 is 0 Å². The number of fused-ring (bicyclic) bond motifs is 1. The van der Waals surface area contributed by atoms with Crippen LogP contribution in [0.4, 0.5) is 0 Å². The Bertz CT molecular complexity index is 719. The van der Waals surface area contributed by atoms with E-state index in [2.05, 4.69) is 65.9 Å². The number of rotatable bonds is 6. The lowest BCUT2D eigenvalue weighted by atomic mass is 10.0. The summed E-state index contributed by atoms with van der Waals surface area (Å²) in [6, 6.07) is 15.0. The zero-order valence-corrected chi connectivity index (χ0v) is 13.1. The summed E-state index contributed by atoms with van der Waals surface area (Å²) in [5.41, 5.74) is 1.22. The number of aromatic nitrogens is 2. The molecule has 22 heavy (non-hydrogen) atoms. The van der Waals surface area contributed by atoms with Crippen molar-refractivity contribution in [1.82, 2.24) is 9.55 Å². The van der Waals surface area contributed by atoms with Gasteiger partial charge >= 0.3 is 0 Å². The number of ether oxygens (including phenoxy) is 1. The fraction of sp³-hybridized carbons (Fsp3) is 0.316. The van der Waals surface area contributed by atoms with Gasteiger partial charge in [0.1, 0.15) is 6.10 Å². The average Bonchev–Trinajstić information content (AvgIpc) is 3.04. The molecule has 0 aliphatic carbocycles. The molecule has 1 atom stereocenters. The zero-order chi connectivity index (χ0) is 15.4. The van der Waals surface area contributed by atoms with Gasteiger partial charge in [0.2, 0.25) is 0 Å². The molecule has 1 unspecified atom stereocenters. The highest BCUT2D eigenvalue weighted by atomic mass is 16.5. The van der Waals surface area contributed by atoms with E-state index < -0.39 is 0 Å². The standard InChI is InChI=1S/C19H22N2O/c1-15(2)13-22-19(12-21-10-9-20-14-21)18-8-7-16-5-3-4-6-17(16)11-18/h3-11,14-15,19H,12-13H2,1-2H3. The third-order valence-electron chi connectivity index (χ3n) is 3.71. The molecule has 0 fully saturated rings. The summed E-state index contributed by atoms with van der Waals surface area (Å²) in [6.07, 6.45) is 5.67. The second-order valence-electron chi connectivity index (χ2n) is 6.08. The Kier molecular flexibility index (Phi) is 4.54. The molecule has 1 aromatic heterocycles. The summed E-state index contributed by atoms with van der Waals surface area (Å²) in [7, 11) is 0. The maximum absolute atomic E-state index is 6.16. The van der Waals surface area contributed by atoms with Crippen LogP contribution in [0.3, 0.4) is 0 Å². The Morgan fingerprint density at radius 2 is 1.91 bits per heavy atom. The molecule has 0 aliphatic rings. The van der Waals surface area contributed by atoms with Crippen molar-refractivity contribution in [2.45, 2.75) is 26.5 Å². The van der Waals surface area contributed by atoms with Crippen molar-refractivity contribution in [3.8, 4) is 0 Å². The predicted octanol–water partition coefficient (Wildman–Crippen LogP) is 4.45. The van der Waals surface area contributed by atoms with Crippen molar-refractivity contribution < 1.29 is 4.74 Å². The largest absolute Gasteiger partial charge is 0.371 e. The van der Waals surface area contributed by atoms with E-state index in [0.717, 1.165) is 13.2 Å². The SMILES string of the molecule is CC(C)COC(Cn1ccnc1)c1ccc2ccccc2c1. The van der Waals surface area contributed by atoms with Gasteiger partial charge in [-0.05, 0) is 28.3 Å². The van der Waals surface area contributed by atoms with Gasteiger partial charge in [0, 0.05) is 19.0 Å². The second-order valence-corrected chi connectivity index (χ2v) is 6.08. The maximum Gasteiger partial charge on any atom is 0.100 e. The molecule has 0 aliphatic heterocycles. The summed E-state index contributed by atoms with van der Waals surface area (Å²) >= 11 is 0. The highest BCUT2D eigenvalue weighted by Crippen LogP contribution is 2.25. The first kappa shape index (κ1) is 14.8. The smallest absolute Gasteiger partial charge is 0.100 e. The minimum Gasteiger partial charge on any atom is -0.371 e. The van der Waals surface area contributed by atoms with Gasteiger partial charge in [0.15, 0.2) is 0 Å². The van der Waals surface area contributed by atoms with Crippen molar-refractivity contribution in [3.63, 3.8) is 0 Å². The Hall–Kier alpha value is -2.13. The Morgan fingerprint density at radius 1 is 1.09 bits per heavy atom. The van der Waals surface area contributed by atoms with Crippen LogP contribution < -0.4 is 0 Å². The highest BCUT2D eigenvalue weighted by Gasteiger charge is 2.14. The van der Waals surface area contributed by atoms with Crippen molar-refractivity contribution in [2.24, 2.45) is 5.92 Å². The summed E-state index contributed by atoms with van der Waals surface area (Å²) in [5, 5.41) is 2.51. The summed E-state index contributed by atoms with van der Waals surface area (Å²) < 4.78 is 8.23. The lowest BCUT2D eigenvalue weighted by molar-refractivity contribution is 0.0241. The molecule has 0 amide bonds. The fourth-order valence-electron chi connectivity index (χ4n) is 2.56. The van der Waals surface area contributed by atoms with Crippen LogP contribution in [-0.4, -0.2) is 16.2 Å². The Morgan fingerprint density at radius 3 is 2.64 bits per heavy atom. The maximum atomic E-state index is 6.16. The molecule has 3 aromatic rings. The number of imidazole rings is 1. The average molecular weight is 294 g/mol. The lowest BCUT2D eigenvalue weighted by Gasteiger charge is -2.20. The zero-order valence-electron chi connectivity index (χ0n) is 13.1.